The smallest absolute Gasteiger partial charge is 0.277 e. The number of nitrogens with one attached hydrogen (secondary N) is 1. The van der Waals surface area contributed by atoms with Crippen LogP contribution in [0, 0.1) is 13.8 Å². The number of anilines is 1. The number of fused-ring (bicyclic) bond motifs is 2. The monoisotopic (exact) mass is 306 g/mol. The maximum atomic E-state index is 12.4. The number of pyridine rings is 1. The van der Waals surface area contributed by atoms with E-state index >= 15 is 0 Å². The highest BCUT2D eigenvalue weighted by Crippen LogP contribution is 2.13. The standard InChI is InChI=1S/C16H14N6O/c1-10-7-11(2)22-15(17-10)8-13(20-22)19-16(23)12-9-21-6-4-3-5-14(21)18-12/h3-9H,1-2H3,(H,19,20,23). The molecule has 0 aliphatic carbocycles. The lowest BCUT2D eigenvalue weighted by Gasteiger charge is -1.99. The third-order valence-electron chi connectivity index (χ3n) is 3.57. The van der Waals surface area contributed by atoms with Gasteiger partial charge in [-0.1, -0.05) is 6.07 Å². The zero-order valence-corrected chi connectivity index (χ0v) is 12.7. The minimum Gasteiger partial charge on any atom is -0.306 e. The number of carbonyl (C=O) groups excluding carboxylic acids is 1. The van der Waals surface area contributed by atoms with Gasteiger partial charge in [-0.2, -0.15) is 0 Å². The molecule has 0 aliphatic rings. The molecule has 0 aliphatic heterocycles. The number of amides is 1. The zero-order valence-electron chi connectivity index (χ0n) is 12.7. The molecule has 4 aromatic rings. The highest BCUT2D eigenvalue weighted by Gasteiger charge is 2.13. The quantitative estimate of drug-likeness (QED) is 0.616. The third-order valence-corrected chi connectivity index (χ3v) is 3.57. The SMILES string of the molecule is Cc1cc(C)n2nc(NC(=O)c3cn4ccccc4n3)cc2n1. The molecule has 4 heterocycles. The first-order valence-electron chi connectivity index (χ1n) is 7.19. The fourth-order valence-electron chi connectivity index (χ4n) is 2.57. The molecule has 0 radical (unpaired) electrons. The number of rotatable bonds is 2. The summed E-state index contributed by atoms with van der Waals surface area (Å²) >= 11 is 0. The Hall–Kier alpha value is -3.22. The van der Waals surface area contributed by atoms with E-state index in [1.807, 2.05) is 44.3 Å². The number of aromatic nitrogens is 5. The maximum absolute atomic E-state index is 12.4. The van der Waals surface area contributed by atoms with E-state index in [2.05, 4.69) is 20.4 Å². The maximum Gasteiger partial charge on any atom is 0.277 e. The minimum absolute atomic E-state index is 0.300. The molecule has 7 heteroatoms. The molecule has 0 saturated heterocycles. The summed E-state index contributed by atoms with van der Waals surface area (Å²) in [6.45, 7) is 3.87. The van der Waals surface area contributed by atoms with Crippen molar-refractivity contribution >= 4 is 23.0 Å². The van der Waals surface area contributed by atoms with Crippen LogP contribution < -0.4 is 5.32 Å². The second kappa shape index (κ2) is 4.91. The molecule has 0 fully saturated rings. The highest BCUT2D eigenvalue weighted by molar-refractivity contribution is 6.02. The van der Waals surface area contributed by atoms with Crippen molar-refractivity contribution in [2.24, 2.45) is 0 Å². The van der Waals surface area contributed by atoms with E-state index in [-0.39, 0.29) is 5.91 Å². The van der Waals surface area contributed by atoms with E-state index in [0.29, 0.717) is 17.2 Å². The summed E-state index contributed by atoms with van der Waals surface area (Å²) in [5, 5.41) is 7.13. The normalized spacial score (nSPS) is 11.2. The molecule has 0 unspecified atom stereocenters. The summed E-state index contributed by atoms with van der Waals surface area (Å²) in [5.74, 6) is 0.153. The summed E-state index contributed by atoms with van der Waals surface area (Å²) in [5.41, 5.74) is 3.64. The van der Waals surface area contributed by atoms with Crippen LogP contribution in [0.5, 0.6) is 0 Å². The number of hydrogen-bond acceptors (Lipinski definition) is 4. The van der Waals surface area contributed by atoms with Gasteiger partial charge in [-0.3, -0.25) is 4.79 Å². The largest absolute Gasteiger partial charge is 0.306 e. The molecule has 23 heavy (non-hydrogen) atoms. The van der Waals surface area contributed by atoms with Crippen LogP contribution in [-0.4, -0.2) is 29.9 Å². The van der Waals surface area contributed by atoms with Crippen LogP contribution in [0.3, 0.4) is 0 Å². The molecule has 0 atom stereocenters. The summed E-state index contributed by atoms with van der Waals surface area (Å²) < 4.78 is 3.50. The first-order chi connectivity index (χ1) is 11.1. The van der Waals surface area contributed by atoms with Gasteiger partial charge in [0, 0.05) is 29.8 Å². The van der Waals surface area contributed by atoms with Gasteiger partial charge in [0.1, 0.15) is 11.3 Å². The van der Waals surface area contributed by atoms with Gasteiger partial charge in [-0.15, -0.1) is 5.10 Å². The van der Waals surface area contributed by atoms with Gasteiger partial charge in [0.05, 0.1) is 0 Å². The second-order valence-corrected chi connectivity index (χ2v) is 5.38. The van der Waals surface area contributed by atoms with Crippen LogP contribution in [0.15, 0.2) is 42.7 Å². The van der Waals surface area contributed by atoms with Crippen molar-refractivity contribution in [2.45, 2.75) is 13.8 Å². The molecule has 0 spiro atoms. The number of aryl methyl sites for hydroxylation is 2. The molecule has 1 N–H and O–H groups in total. The van der Waals surface area contributed by atoms with Crippen LogP contribution in [0.25, 0.3) is 11.3 Å². The minimum atomic E-state index is -0.300. The van der Waals surface area contributed by atoms with Crippen LogP contribution in [0.4, 0.5) is 5.82 Å². The Balaban J connectivity index is 1.67. The fraction of sp³-hybridized carbons (Fsp3) is 0.125. The molecule has 1 amide bonds. The van der Waals surface area contributed by atoms with Gasteiger partial charge < -0.3 is 9.72 Å². The van der Waals surface area contributed by atoms with Gasteiger partial charge in [0.15, 0.2) is 11.5 Å². The van der Waals surface area contributed by atoms with Crippen LogP contribution >= 0.6 is 0 Å². The predicted molar refractivity (Wildman–Crippen MR) is 85.6 cm³/mol. The molecular formula is C16H14N6O. The van der Waals surface area contributed by atoms with Gasteiger partial charge in [-0.05, 0) is 32.0 Å². The molecule has 0 saturated carbocycles. The summed E-state index contributed by atoms with van der Waals surface area (Å²) in [4.78, 5) is 21.1. The van der Waals surface area contributed by atoms with Gasteiger partial charge in [0.25, 0.3) is 5.91 Å². The van der Waals surface area contributed by atoms with E-state index < -0.39 is 0 Å². The van der Waals surface area contributed by atoms with Crippen molar-refractivity contribution in [3.8, 4) is 0 Å². The Labute approximate surface area is 131 Å². The predicted octanol–water partition coefficient (Wildman–Crippen LogP) is 2.25. The Morgan fingerprint density at radius 2 is 2.00 bits per heavy atom. The number of nitrogens with zero attached hydrogens (tertiary/aromatic N) is 5. The van der Waals surface area contributed by atoms with E-state index in [4.69, 9.17) is 0 Å². The van der Waals surface area contributed by atoms with Crippen molar-refractivity contribution in [1.82, 2.24) is 24.0 Å². The average Bonchev–Trinajstić information content (AvgIpc) is 3.10. The Morgan fingerprint density at radius 1 is 1.13 bits per heavy atom. The van der Waals surface area contributed by atoms with Gasteiger partial charge in [-0.25, -0.2) is 14.5 Å². The first kappa shape index (κ1) is 13.4. The van der Waals surface area contributed by atoms with Crippen molar-refractivity contribution in [3.05, 3.63) is 59.8 Å². The molecular weight excluding hydrogens is 292 g/mol. The summed E-state index contributed by atoms with van der Waals surface area (Å²) in [6, 6.07) is 9.29. The highest BCUT2D eigenvalue weighted by atomic mass is 16.2. The lowest BCUT2D eigenvalue weighted by atomic mass is 10.3. The average molecular weight is 306 g/mol. The molecule has 0 bridgehead atoms. The van der Waals surface area contributed by atoms with Crippen molar-refractivity contribution in [1.29, 1.82) is 0 Å². The van der Waals surface area contributed by atoms with Crippen LogP contribution in [0.2, 0.25) is 0 Å². The Morgan fingerprint density at radius 3 is 2.83 bits per heavy atom. The van der Waals surface area contributed by atoms with Crippen molar-refractivity contribution < 1.29 is 4.79 Å². The fourth-order valence-corrected chi connectivity index (χ4v) is 2.57. The molecule has 4 rings (SSSR count). The second-order valence-electron chi connectivity index (χ2n) is 5.38. The lowest BCUT2D eigenvalue weighted by Crippen LogP contribution is -2.12. The molecule has 4 aromatic heterocycles. The molecule has 7 nitrogen and oxygen atoms in total. The van der Waals surface area contributed by atoms with E-state index in [1.54, 1.807) is 21.2 Å². The third kappa shape index (κ3) is 2.32. The molecule has 0 aromatic carbocycles. The topological polar surface area (TPSA) is 76.6 Å². The number of imidazole rings is 1. The number of hydrogen-bond donors (Lipinski definition) is 1. The Kier molecular flexibility index (Phi) is 2.87. The van der Waals surface area contributed by atoms with E-state index in [0.717, 1.165) is 17.0 Å². The van der Waals surface area contributed by atoms with Gasteiger partial charge >= 0.3 is 0 Å². The zero-order chi connectivity index (χ0) is 16.0. The lowest BCUT2D eigenvalue weighted by molar-refractivity contribution is 0.102. The van der Waals surface area contributed by atoms with Gasteiger partial charge in [0.2, 0.25) is 0 Å². The van der Waals surface area contributed by atoms with Crippen molar-refractivity contribution in [2.75, 3.05) is 5.32 Å². The van der Waals surface area contributed by atoms with E-state index in [9.17, 15) is 4.79 Å². The van der Waals surface area contributed by atoms with Crippen molar-refractivity contribution in [3.63, 3.8) is 0 Å². The first-order valence-corrected chi connectivity index (χ1v) is 7.19. The molecule has 114 valence electrons. The van der Waals surface area contributed by atoms with Crippen LogP contribution in [-0.2, 0) is 0 Å². The summed E-state index contributed by atoms with van der Waals surface area (Å²) in [6.07, 6.45) is 3.54. The van der Waals surface area contributed by atoms with E-state index in [1.165, 1.54) is 0 Å². The Bertz CT molecular complexity index is 1010. The number of carbonyl (C=O) groups is 1. The van der Waals surface area contributed by atoms with Crippen LogP contribution in [0.1, 0.15) is 21.9 Å². The summed E-state index contributed by atoms with van der Waals surface area (Å²) in [7, 11) is 0.